The lowest BCUT2D eigenvalue weighted by Gasteiger charge is -2.10. The molecule has 0 radical (unpaired) electrons. The Morgan fingerprint density at radius 2 is 1.93 bits per heavy atom. The summed E-state index contributed by atoms with van der Waals surface area (Å²) in [6.45, 7) is 3.40. The Bertz CT molecular complexity index is 970. The average Bonchev–Trinajstić information content (AvgIpc) is 3.10. The Morgan fingerprint density at radius 3 is 2.70 bits per heavy atom. The van der Waals surface area contributed by atoms with Crippen LogP contribution in [0.2, 0.25) is 0 Å². The molecule has 1 aromatic heterocycles. The fraction of sp³-hybridized carbons (Fsp3) is 0.158. The average molecular weight is 381 g/mol. The molecule has 0 atom stereocenters. The maximum atomic E-state index is 12.2. The second kappa shape index (κ2) is 8.50. The highest BCUT2D eigenvalue weighted by Gasteiger charge is 2.11. The molecule has 0 saturated carbocycles. The van der Waals surface area contributed by atoms with Crippen LogP contribution in [0.5, 0.6) is 0 Å². The van der Waals surface area contributed by atoms with Gasteiger partial charge in [-0.05, 0) is 36.8 Å². The molecule has 3 rings (SSSR count). The number of rotatable bonds is 6. The summed E-state index contributed by atoms with van der Waals surface area (Å²) in [5, 5.41) is 14.3. The molecule has 2 amide bonds. The van der Waals surface area contributed by atoms with Crippen LogP contribution in [0.1, 0.15) is 12.5 Å². The normalized spacial score (nSPS) is 10.4. The maximum absolute atomic E-state index is 12.2. The minimum absolute atomic E-state index is 0.115. The number of benzene rings is 2. The summed E-state index contributed by atoms with van der Waals surface area (Å²) in [6.07, 6.45) is 1.58. The predicted molar refractivity (Wildman–Crippen MR) is 106 cm³/mol. The van der Waals surface area contributed by atoms with Gasteiger partial charge in [0.25, 0.3) is 0 Å². The van der Waals surface area contributed by atoms with Crippen LogP contribution in [-0.2, 0) is 9.59 Å². The third-order valence-electron chi connectivity index (χ3n) is 3.71. The highest BCUT2D eigenvalue weighted by molar-refractivity contribution is 7.99. The van der Waals surface area contributed by atoms with Crippen LogP contribution in [0, 0.1) is 6.92 Å². The number of hydrogen-bond donors (Lipinski definition) is 2. The summed E-state index contributed by atoms with van der Waals surface area (Å²) in [7, 11) is 0. The molecule has 0 bridgehead atoms. The lowest BCUT2D eigenvalue weighted by Crippen LogP contribution is -2.15. The van der Waals surface area contributed by atoms with Gasteiger partial charge in [0.2, 0.25) is 11.8 Å². The molecule has 7 nitrogen and oxygen atoms in total. The molecule has 2 N–H and O–H groups in total. The summed E-state index contributed by atoms with van der Waals surface area (Å²) >= 11 is 1.29. The number of para-hydroxylation sites is 1. The number of thioether (sulfide) groups is 1. The SMILES string of the molecule is CC(=O)Nc1cccc(-n2cnnc2SCC(=O)Nc2ccccc2C)c1. The molecule has 3 aromatic rings. The van der Waals surface area contributed by atoms with Crippen molar-refractivity contribution in [2.75, 3.05) is 16.4 Å². The van der Waals surface area contributed by atoms with Crippen molar-refractivity contribution in [1.29, 1.82) is 0 Å². The van der Waals surface area contributed by atoms with Crippen molar-refractivity contribution in [3.63, 3.8) is 0 Å². The van der Waals surface area contributed by atoms with Gasteiger partial charge in [0, 0.05) is 18.3 Å². The topological polar surface area (TPSA) is 88.9 Å². The molecular weight excluding hydrogens is 362 g/mol. The van der Waals surface area contributed by atoms with Crippen LogP contribution in [0.3, 0.4) is 0 Å². The zero-order valence-corrected chi connectivity index (χ0v) is 15.8. The first-order valence-electron chi connectivity index (χ1n) is 8.29. The van der Waals surface area contributed by atoms with Crippen LogP contribution in [0.25, 0.3) is 5.69 Å². The van der Waals surface area contributed by atoms with E-state index in [-0.39, 0.29) is 17.6 Å². The van der Waals surface area contributed by atoms with E-state index >= 15 is 0 Å². The van der Waals surface area contributed by atoms with E-state index in [4.69, 9.17) is 0 Å². The van der Waals surface area contributed by atoms with Crippen LogP contribution in [0.4, 0.5) is 11.4 Å². The number of aryl methyl sites for hydroxylation is 1. The van der Waals surface area contributed by atoms with Crippen molar-refractivity contribution in [2.45, 2.75) is 19.0 Å². The van der Waals surface area contributed by atoms with Crippen molar-refractivity contribution >= 4 is 35.0 Å². The summed E-state index contributed by atoms with van der Waals surface area (Å²) in [5.74, 6) is -0.0486. The number of nitrogens with one attached hydrogen (secondary N) is 2. The first-order chi connectivity index (χ1) is 13.0. The van der Waals surface area contributed by atoms with Crippen molar-refractivity contribution < 1.29 is 9.59 Å². The lowest BCUT2D eigenvalue weighted by atomic mass is 10.2. The van der Waals surface area contributed by atoms with Crippen molar-refractivity contribution in [1.82, 2.24) is 14.8 Å². The Morgan fingerprint density at radius 1 is 1.11 bits per heavy atom. The van der Waals surface area contributed by atoms with Gasteiger partial charge >= 0.3 is 0 Å². The number of carbonyl (C=O) groups is 2. The van der Waals surface area contributed by atoms with Crippen LogP contribution < -0.4 is 10.6 Å². The van der Waals surface area contributed by atoms with Gasteiger partial charge in [0.05, 0.1) is 11.4 Å². The fourth-order valence-electron chi connectivity index (χ4n) is 2.47. The van der Waals surface area contributed by atoms with E-state index in [1.165, 1.54) is 18.7 Å². The highest BCUT2D eigenvalue weighted by Crippen LogP contribution is 2.22. The summed E-state index contributed by atoms with van der Waals surface area (Å²) < 4.78 is 1.77. The molecule has 0 aliphatic heterocycles. The highest BCUT2D eigenvalue weighted by atomic mass is 32.2. The van der Waals surface area contributed by atoms with Crippen molar-refractivity contribution in [2.24, 2.45) is 0 Å². The van der Waals surface area contributed by atoms with E-state index in [9.17, 15) is 9.59 Å². The third kappa shape index (κ3) is 4.95. The fourth-order valence-corrected chi connectivity index (χ4v) is 3.20. The van der Waals surface area contributed by atoms with E-state index in [2.05, 4.69) is 20.8 Å². The Hall–Kier alpha value is -3.13. The molecule has 0 aliphatic carbocycles. The van der Waals surface area contributed by atoms with Gasteiger partial charge in [-0.25, -0.2) is 0 Å². The van der Waals surface area contributed by atoms with Gasteiger partial charge < -0.3 is 10.6 Å². The molecule has 2 aromatic carbocycles. The lowest BCUT2D eigenvalue weighted by molar-refractivity contribution is -0.114. The minimum atomic E-state index is -0.140. The summed E-state index contributed by atoms with van der Waals surface area (Å²) in [6, 6.07) is 15.0. The van der Waals surface area contributed by atoms with E-state index < -0.39 is 0 Å². The molecule has 138 valence electrons. The molecule has 0 aliphatic rings. The van der Waals surface area contributed by atoms with Gasteiger partial charge in [-0.15, -0.1) is 10.2 Å². The molecule has 0 fully saturated rings. The molecule has 0 unspecified atom stereocenters. The van der Waals surface area contributed by atoms with E-state index in [0.29, 0.717) is 10.8 Å². The zero-order valence-electron chi connectivity index (χ0n) is 15.0. The predicted octanol–water partition coefficient (Wildman–Crippen LogP) is 3.26. The first kappa shape index (κ1) is 18.7. The minimum Gasteiger partial charge on any atom is -0.326 e. The Balaban J connectivity index is 1.68. The van der Waals surface area contributed by atoms with Gasteiger partial charge in [-0.1, -0.05) is 36.0 Å². The largest absolute Gasteiger partial charge is 0.326 e. The van der Waals surface area contributed by atoms with Crippen LogP contribution in [-0.4, -0.2) is 32.3 Å². The van der Waals surface area contributed by atoms with Crippen LogP contribution >= 0.6 is 11.8 Å². The van der Waals surface area contributed by atoms with E-state index in [1.807, 2.05) is 49.4 Å². The summed E-state index contributed by atoms with van der Waals surface area (Å²) in [5.41, 5.74) is 3.29. The van der Waals surface area contributed by atoms with Crippen molar-refractivity contribution in [3.8, 4) is 5.69 Å². The maximum Gasteiger partial charge on any atom is 0.234 e. The number of hydrogen-bond acceptors (Lipinski definition) is 5. The van der Waals surface area contributed by atoms with Gasteiger partial charge in [0.1, 0.15) is 6.33 Å². The molecule has 8 heteroatoms. The Kier molecular flexibility index (Phi) is 5.87. The number of carbonyl (C=O) groups excluding carboxylic acids is 2. The molecule has 27 heavy (non-hydrogen) atoms. The van der Waals surface area contributed by atoms with Gasteiger partial charge in [-0.3, -0.25) is 14.2 Å². The standard InChI is InChI=1S/C19H19N5O2S/c1-13-6-3-4-9-17(13)22-18(26)11-27-19-23-20-12-24(19)16-8-5-7-15(10-16)21-14(2)25/h3-10,12H,11H2,1-2H3,(H,21,25)(H,22,26). The number of anilines is 2. The Labute approximate surface area is 161 Å². The first-order valence-corrected chi connectivity index (χ1v) is 9.28. The van der Waals surface area contributed by atoms with Crippen molar-refractivity contribution in [3.05, 3.63) is 60.4 Å². The molecule has 1 heterocycles. The van der Waals surface area contributed by atoms with Crippen LogP contribution in [0.15, 0.2) is 60.0 Å². The molecular formula is C19H19N5O2S. The van der Waals surface area contributed by atoms with Gasteiger partial charge in [-0.2, -0.15) is 0 Å². The molecule has 0 saturated heterocycles. The number of aromatic nitrogens is 3. The van der Waals surface area contributed by atoms with E-state index in [0.717, 1.165) is 16.9 Å². The number of nitrogens with zero attached hydrogens (tertiary/aromatic N) is 3. The zero-order chi connectivity index (χ0) is 19.2. The quantitative estimate of drug-likeness (QED) is 0.640. The third-order valence-corrected chi connectivity index (χ3v) is 4.66. The second-order valence-electron chi connectivity index (χ2n) is 5.87. The molecule has 0 spiro atoms. The monoisotopic (exact) mass is 381 g/mol. The smallest absolute Gasteiger partial charge is 0.234 e. The number of amides is 2. The second-order valence-corrected chi connectivity index (χ2v) is 6.81. The summed E-state index contributed by atoms with van der Waals surface area (Å²) in [4.78, 5) is 23.5. The van der Waals surface area contributed by atoms with Gasteiger partial charge in [0.15, 0.2) is 5.16 Å². The van der Waals surface area contributed by atoms with E-state index in [1.54, 1.807) is 17.0 Å².